The molecule has 1 fully saturated rings. The van der Waals surface area contributed by atoms with Crippen LogP contribution in [0.4, 0.5) is 0 Å². The Kier molecular flexibility index (Phi) is 4.65. The van der Waals surface area contributed by atoms with Crippen LogP contribution in [0.15, 0.2) is 12.7 Å². The van der Waals surface area contributed by atoms with E-state index in [9.17, 15) is 4.79 Å². The molecule has 0 aliphatic carbocycles. The van der Waals surface area contributed by atoms with Crippen molar-refractivity contribution >= 4 is 5.97 Å². The molecule has 2 aromatic rings. The van der Waals surface area contributed by atoms with E-state index in [4.69, 9.17) is 5.11 Å². The summed E-state index contributed by atoms with van der Waals surface area (Å²) >= 11 is 0. The fourth-order valence-electron chi connectivity index (χ4n) is 3.11. The second-order valence-corrected chi connectivity index (χ2v) is 5.76. The van der Waals surface area contributed by atoms with Gasteiger partial charge in [0.15, 0.2) is 5.82 Å². The zero-order valence-corrected chi connectivity index (χ0v) is 13.2. The van der Waals surface area contributed by atoms with Crippen molar-refractivity contribution in [3.8, 4) is 0 Å². The number of hydrogen-bond acceptors (Lipinski definition) is 6. The van der Waals surface area contributed by atoms with Crippen molar-refractivity contribution in [2.75, 3.05) is 19.6 Å². The van der Waals surface area contributed by atoms with E-state index in [2.05, 4.69) is 31.8 Å². The molecule has 1 aliphatic heterocycles. The summed E-state index contributed by atoms with van der Waals surface area (Å²) in [6.45, 7) is 5.13. The predicted octanol–water partition coefficient (Wildman–Crippen LogP) is 0.202. The molecular weight excluding hydrogens is 298 g/mol. The summed E-state index contributed by atoms with van der Waals surface area (Å²) in [4.78, 5) is 16.7. The standard InChI is InChI=1S/C14H21N7O2/c1-2-21-12(7-20-10-15-9-16-20)17-18-14(21)11-3-5-19(6-4-11)8-13(22)23/h9-11H,2-8H2,1H3,(H,22,23). The van der Waals surface area contributed by atoms with Crippen LogP contribution in [0.3, 0.4) is 0 Å². The Morgan fingerprint density at radius 1 is 1.35 bits per heavy atom. The van der Waals surface area contributed by atoms with Gasteiger partial charge in [-0.25, -0.2) is 9.67 Å². The minimum Gasteiger partial charge on any atom is -0.480 e. The SMILES string of the molecule is CCn1c(Cn2cncn2)nnc1C1CCN(CC(=O)O)CC1. The molecule has 0 amide bonds. The maximum absolute atomic E-state index is 10.8. The van der Waals surface area contributed by atoms with Gasteiger partial charge in [0.1, 0.15) is 25.0 Å². The molecule has 3 heterocycles. The number of carboxylic acids is 1. The summed E-state index contributed by atoms with van der Waals surface area (Å²) in [6, 6.07) is 0. The number of hydrogen-bond donors (Lipinski definition) is 1. The highest BCUT2D eigenvalue weighted by atomic mass is 16.4. The first-order valence-electron chi connectivity index (χ1n) is 7.86. The second-order valence-electron chi connectivity index (χ2n) is 5.76. The first-order chi connectivity index (χ1) is 11.2. The molecule has 2 aromatic heterocycles. The van der Waals surface area contributed by atoms with Crippen LogP contribution in [0.5, 0.6) is 0 Å². The number of aliphatic carboxylic acids is 1. The van der Waals surface area contributed by atoms with E-state index in [1.165, 1.54) is 6.33 Å². The van der Waals surface area contributed by atoms with Gasteiger partial charge in [-0.15, -0.1) is 10.2 Å². The van der Waals surface area contributed by atoms with Crippen molar-refractivity contribution < 1.29 is 9.90 Å². The molecule has 0 aromatic carbocycles. The van der Waals surface area contributed by atoms with Gasteiger partial charge in [-0.2, -0.15) is 5.10 Å². The van der Waals surface area contributed by atoms with Crippen LogP contribution in [0.2, 0.25) is 0 Å². The van der Waals surface area contributed by atoms with Crippen molar-refractivity contribution in [1.29, 1.82) is 0 Å². The van der Waals surface area contributed by atoms with Crippen LogP contribution in [-0.2, 0) is 17.9 Å². The Balaban J connectivity index is 1.69. The molecule has 9 nitrogen and oxygen atoms in total. The van der Waals surface area contributed by atoms with Gasteiger partial charge in [-0.05, 0) is 32.9 Å². The van der Waals surface area contributed by atoms with E-state index in [0.29, 0.717) is 12.5 Å². The van der Waals surface area contributed by atoms with Crippen LogP contribution < -0.4 is 0 Å². The molecule has 124 valence electrons. The normalized spacial score (nSPS) is 16.7. The van der Waals surface area contributed by atoms with E-state index in [0.717, 1.165) is 44.1 Å². The number of likely N-dealkylation sites (tertiary alicyclic amines) is 1. The third kappa shape index (κ3) is 3.55. The van der Waals surface area contributed by atoms with Crippen LogP contribution in [-0.4, -0.2) is 65.1 Å². The number of aromatic nitrogens is 6. The maximum atomic E-state index is 10.8. The molecule has 1 N–H and O–H groups in total. The monoisotopic (exact) mass is 319 g/mol. The highest BCUT2D eigenvalue weighted by Gasteiger charge is 2.26. The third-order valence-electron chi connectivity index (χ3n) is 4.25. The summed E-state index contributed by atoms with van der Waals surface area (Å²) in [5, 5.41) is 21.7. The molecule has 1 aliphatic rings. The number of carboxylic acid groups (broad SMARTS) is 1. The largest absolute Gasteiger partial charge is 0.480 e. The molecule has 1 saturated heterocycles. The van der Waals surface area contributed by atoms with Crippen molar-refractivity contribution in [2.45, 2.75) is 38.8 Å². The Morgan fingerprint density at radius 2 is 2.13 bits per heavy atom. The Bertz CT molecular complexity index is 644. The molecule has 0 spiro atoms. The van der Waals surface area contributed by atoms with Crippen LogP contribution in [0.1, 0.15) is 37.3 Å². The third-order valence-corrected chi connectivity index (χ3v) is 4.25. The summed E-state index contributed by atoms with van der Waals surface area (Å²) < 4.78 is 3.87. The minimum absolute atomic E-state index is 0.116. The average molecular weight is 319 g/mol. The second kappa shape index (κ2) is 6.86. The number of piperidine rings is 1. The van der Waals surface area contributed by atoms with Gasteiger partial charge in [0.25, 0.3) is 0 Å². The minimum atomic E-state index is -0.768. The number of nitrogens with zero attached hydrogens (tertiary/aromatic N) is 7. The molecule has 23 heavy (non-hydrogen) atoms. The highest BCUT2D eigenvalue weighted by molar-refractivity contribution is 5.69. The van der Waals surface area contributed by atoms with Crippen LogP contribution in [0, 0.1) is 0 Å². The van der Waals surface area contributed by atoms with Crippen molar-refractivity contribution in [1.82, 2.24) is 34.4 Å². The highest BCUT2D eigenvalue weighted by Crippen LogP contribution is 2.27. The maximum Gasteiger partial charge on any atom is 0.317 e. The zero-order chi connectivity index (χ0) is 16.2. The Morgan fingerprint density at radius 3 is 2.74 bits per heavy atom. The molecule has 9 heteroatoms. The van der Waals surface area contributed by atoms with Gasteiger partial charge in [-0.3, -0.25) is 9.69 Å². The van der Waals surface area contributed by atoms with Gasteiger partial charge in [0.2, 0.25) is 0 Å². The Labute approximate surface area is 134 Å². The predicted molar refractivity (Wildman–Crippen MR) is 80.9 cm³/mol. The summed E-state index contributed by atoms with van der Waals surface area (Å²) in [5.41, 5.74) is 0. The lowest BCUT2D eigenvalue weighted by molar-refractivity contribution is -0.138. The van der Waals surface area contributed by atoms with E-state index in [1.54, 1.807) is 11.0 Å². The number of carbonyl (C=O) groups is 1. The van der Waals surface area contributed by atoms with Gasteiger partial charge in [-0.1, -0.05) is 0 Å². The topological polar surface area (TPSA) is 102 Å². The van der Waals surface area contributed by atoms with E-state index in [1.807, 2.05) is 4.90 Å². The average Bonchev–Trinajstić information content (AvgIpc) is 3.17. The number of rotatable bonds is 6. The van der Waals surface area contributed by atoms with Crippen molar-refractivity contribution in [2.24, 2.45) is 0 Å². The smallest absolute Gasteiger partial charge is 0.317 e. The van der Waals surface area contributed by atoms with E-state index < -0.39 is 5.97 Å². The molecule has 0 radical (unpaired) electrons. The fourth-order valence-corrected chi connectivity index (χ4v) is 3.11. The Hall–Kier alpha value is -2.29. The fraction of sp³-hybridized carbons (Fsp3) is 0.643. The van der Waals surface area contributed by atoms with Crippen molar-refractivity contribution in [3.63, 3.8) is 0 Å². The molecular formula is C14H21N7O2. The zero-order valence-electron chi connectivity index (χ0n) is 13.2. The van der Waals surface area contributed by atoms with Crippen LogP contribution in [0.25, 0.3) is 0 Å². The molecule has 0 saturated carbocycles. The molecule has 0 unspecified atom stereocenters. The van der Waals surface area contributed by atoms with Crippen LogP contribution >= 0.6 is 0 Å². The first kappa shape index (κ1) is 15.6. The lowest BCUT2D eigenvalue weighted by Gasteiger charge is -2.30. The van der Waals surface area contributed by atoms with Gasteiger partial charge >= 0.3 is 5.97 Å². The molecule has 0 atom stereocenters. The summed E-state index contributed by atoms with van der Waals surface area (Å²) in [6.07, 6.45) is 4.99. The quantitative estimate of drug-likeness (QED) is 0.811. The van der Waals surface area contributed by atoms with E-state index in [-0.39, 0.29) is 6.54 Å². The lowest BCUT2D eigenvalue weighted by atomic mass is 9.96. The van der Waals surface area contributed by atoms with Gasteiger partial charge in [0, 0.05) is 12.5 Å². The van der Waals surface area contributed by atoms with Gasteiger partial charge in [0.05, 0.1) is 6.54 Å². The van der Waals surface area contributed by atoms with Crippen molar-refractivity contribution in [3.05, 3.63) is 24.3 Å². The lowest BCUT2D eigenvalue weighted by Crippen LogP contribution is -2.37. The summed E-state index contributed by atoms with van der Waals surface area (Å²) in [5.74, 6) is 1.44. The first-order valence-corrected chi connectivity index (χ1v) is 7.86. The van der Waals surface area contributed by atoms with E-state index >= 15 is 0 Å². The summed E-state index contributed by atoms with van der Waals surface area (Å²) in [7, 11) is 0. The molecule has 3 rings (SSSR count). The van der Waals surface area contributed by atoms with Gasteiger partial charge < -0.3 is 9.67 Å². The molecule has 0 bridgehead atoms.